The maximum Gasteiger partial charge on any atom is 0.323 e. The lowest BCUT2D eigenvalue weighted by Crippen LogP contribution is -2.37. The first-order valence-electron chi connectivity index (χ1n) is 9.23. The highest BCUT2D eigenvalue weighted by atomic mass is 79.9. The molecule has 0 atom stereocenters. The van der Waals surface area contributed by atoms with Crippen LogP contribution in [0.2, 0.25) is 0 Å². The monoisotopic (exact) mass is 475 g/mol. The number of hydrogen-bond acceptors (Lipinski definition) is 4. The Hall–Kier alpha value is -2.91. The van der Waals surface area contributed by atoms with Crippen molar-refractivity contribution in [2.75, 3.05) is 17.2 Å². The molecule has 158 valence electrons. The average Bonchev–Trinajstić information content (AvgIpc) is 3.03. The Morgan fingerprint density at radius 1 is 1.20 bits per heavy atom. The Labute approximate surface area is 182 Å². The fourth-order valence-corrected chi connectivity index (χ4v) is 3.32. The van der Waals surface area contributed by atoms with E-state index < -0.39 is 11.6 Å². The van der Waals surface area contributed by atoms with Gasteiger partial charge in [0.25, 0.3) is 0 Å². The van der Waals surface area contributed by atoms with Gasteiger partial charge in [0.15, 0.2) is 0 Å². The van der Waals surface area contributed by atoms with Gasteiger partial charge in [0.2, 0.25) is 0 Å². The van der Waals surface area contributed by atoms with Gasteiger partial charge in [-0.15, -0.1) is 0 Å². The molecule has 0 saturated heterocycles. The van der Waals surface area contributed by atoms with E-state index in [1.54, 1.807) is 29.1 Å². The van der Waals surface area contributed by atoms with E-state index in [-0.39, 0.29) is 5.82 Å². The van der Waals surface area contributed by atoms with Crippen LogP contribution < -0.4 is 21.1 Å². The fraction of sp³-hybridized carbons (Fsp3) is 0.238. The van der Waals surface area contributed by atoms with Gasteiger partial charge in [0, 0.05) is 30.5 Å². The second kappa shape index (κ2) is 8.85. The van der Waals surface area contributed by atoms with Gasteiger partial charge in [0.05, 0.1) is 16.4 Å². The predicted octanol–water partition coefficient (Wildman–Crippen LogP) is 4.75. The number of aryl methyl sites for hydroxylation is 1. The number of anilines is 2. The van der Waals surface area contributed by atoms with Crippen LogP contribution in [0.25, 0.3) is 11.3 Å². The first kappa shape index (κ1) is 21.8. The summed E-state index contributed by atoms with van der Waals surface area (Å²) in [6.07, 6.45) is 1.69. The van der Waals surface area contributed by atoms with E-state index in [9.17, 15) is 9.18 Å². The zero-order valence-electron chi connectivity index (χ0n) is 16.9. The van der Waals surface area contributed by atoms with E-state index in [1.807, 2.05) is 20.9 Å². The first-order valence-corrected chi connectivity index (χ1v) is 10.0. The molecule has 0 unspecified atom stereocenters. The van der Waals surface area contributed by atoms with Crippen molar-refractivity contribution in [3.8, 4) is 17.0 Å². The van der Waals surface area contributed by atoms with Gasteiger partial charge >= 0.3 is 6.03 Å². The lowest BCUT2D eigenvalue weighted by molar-refractivity contribution is 0.119. The Morgan fingerprint density at radius 2 is 1.83 bits per heavy atom. The molecule has 0 saturated carbocycles. The molecule has 2 aromatic carbocycles. The molecule has 1 heterocycles. The van der Waals surface area contributed by atoms with Crippen LogP contribution in [-0.2, 0) is 7.05 Å². The number of urea groups is 1. The van der Waals surface area contributed by atoms with Gasteiger partial charge in [-0.25, -0.2) is 9.18 Å². The largest absolute Gasteiger partial charge is 0.486 e. The van der Waals surface area contributed by atoms with E-state index in [2.05, 4.69) is 31.7 Å². The van der Waals surface area contributed by atoms with Crippen molar-refractivity contribution in [1.82, 2.24) is 9.78 Å². The lowest BCUT2D eigenvalue weighted by atomic mass is 10.1. The summed E-state index contributed by atoms with van der Waals surface area (Å²) in [4.78, 5) is 12.4. The third kappa shape index (κ3) is 5.17. The third-order valence-corrected chi connectivity index (χ3v) is 4.95. The number of nitrogens with one attached hydrogen (secondary N) is 2. The Kier molecular flexibility index (Phi) is 6.42. The molecule has 0 fully saturated rings. The highest BCUT2D eigenvalue weighted by Gasteiger charge is 2.22. The molecule has 0 aliphatic carbocycles. The molecule has 0 spiro atoms. The highest BCUT2D eigenvalue weighted by molar-refractivity contribution is 9.10. The zero-order chi connectivity index (χ0) is 21.9. The SMILES string of the molecule is Cn1ncc(Br)c1-c1cc(NC(=O)Nc2ccc(F)cc2)ccc1OC(C)(C)CN. The van der Waals surface area contributed by atoms with Gasteiger partial charge in [-0.2, -0.15) is 5.10 Å². The number of benzene rings is 2. The van der Waals surface area contributed by atoms with Crippen molar-refractivity contribution in [1.29, 1.82) is 0 Å². The third-order valence-electron chi connectivity index (χ3n) is 4.37. The van der Waals surface area contributed by atoms with Gasteiger partial charge in [-0.1, -0.05) is 0 Å². The number of rotatable bonds is 6. The summed E-state index contributed by atoms with van der Waals surface area (Å²) in [5.74, 6) is 0.239. The highest BCUT2D eigenvalue weighted by Crippen LogP contribution is 2.38. The summed E-state index contributed by atoms with van der Waals surface area (Å²) < 4.78 is 21.7. The number of halogens is 2. The van der Waals surface area contributed by atoms with Crippen molar-refractivity contribution < 1.29 is 13.9 Å². The van der Waals surface area contributed by atoms with Crippen LogP contribution in [0.15, 0.2) is 53.1 Å². The van der Waals surface area contributed by atoms with Crippen LogP contribution in [0.5, 0.6) is 5.75 Å². The van der Waals surface area contributed by atoms with E-state index in [0.717, 1.165) is 15.7 Å². The summed E-state index contributed by atoms with van der Waals surface area (Å²) in [7, 11) is 1.82. The smallest absolute Gasteiger partial charge is 0.323 e. The van der Waals surface area contributed by atoms with Crippen LogP contribution in [-0.4, -0.2) is 28.0 Å². The van der Waals surface area contributed by atoms with Crippen molar-refractivity contribution >= 4 is 33.3 Å². The molecule has 0 aliphatic rings. The molecule has 0 radical (unpaired) electrons. The number of carbonyl (C=O) groups is 1. The van der Waals surface area contributed by atoms with Crippen LogP contribution >= 0.6 is 15.9 Å². The zero-order valence-corrected chi connectivity index (χ0v) is 18.5. The molecule has 0 bridgehead atoms. The molecule has 3 aromatic rings. The molecule has 3 rings (SSSR count). The number of hydrogen-bond donors (Lipinski definition) is 3. The van der Waals surface area contributed by atoms with Gasteiger partial charge in [0.1, 0.15) is 17.2 Å². The molecule has 7 nitrogen and oxygen atoms in total. The first-order chi connectivity index (χ1) is 14.2. The minimum Gasteiger partial charge on any atom is -0.486 e. The Bertz CT molecular complexity index is 1030. The molecule has 2 amide bonds. The average molecular weight is 476 g/mol. The van der Waals surface area contributed by atoms with Crippen molar-refractivity contribution in [2.24, 2.45) is 12.8 Å². The van der Waals surface area contributed by atoms with Gasteiger partial charge in [-0.3, -0.25) is 4.68 Å². The Morgan fingerprint density at radius 3 is 2.43 bits per heavy atom. The number of nitrogens with zero attached hydrogens (tertiary/aromatic N) is 2. The van der Waals surface area contributed by atoms with E-state index >= 15 is 0 Å². The standard InChI is InChI=1S/C21H23BrFN5O2/c1-21(2,12-24)30-18-9-8-15(10-16(18)19-17(22)11-25-28(19)3)27-20(29)26-14-6-4-13(23)5-7-14/h4-11H,12,24H2,1-3H3,(H2,26,27,29). The van der Waals surface area contributed by atoms with Crippen LogP contribution in [0.1, 0.15) is 13.8 Å². The minimum absolute atomic E-state index is 0.332. The maximum atomic E-state index is 13.0. The summed E-state index contributed by atoms with van der Waals surface area (Å²) in [5.41, 5.74) is 7.81. The minimum atomic E-state index is -0.575. The second-order valence-electron chi connectivity index (χ2n) is 7.33. The number of ether oxygens (including phenoxy) is 1. The molecular formula is C21H23BrFN5O2. The number of carbonyl (C=O) groups excluding carboxylic acids is 1. The fourth-order valence-electron chi connectivity index (χ4n) is 2.76. The Balaban J connectivity index is 1.90. The number of nitrogens with two attached hydrogens (primary N) is 1. The summed E-state index contributed by atoms with van der Waals surface area (Å²) in [6, 6.07) is 10.4. The molecule has 30 heavy (non-hydrogen) atoms. The summed E-state index contributed by atoms with van der Waals surface area (Å²) >= 11 is 3.52. The van der Waals surface area contributed by atoms with Gasteiger partial charge < -0.3 is 21.1 Å². The summed E-state index contributed by atoms with van der Waals surface area (Å²) in [6.45, 7) is 4.13. The van der Waals surface area contributed by atoms with E-state index in [1.165, 1.54) is 24.3 Å². The van der Waals surface area contributed by atoms with Gasteiger partial charge in [-0.05, 0) is 72.2 Å². The molecule has 0 aliphatic heterocycles. The molecule has 9 heteroatoms. The normalized spacial score (nSPS) is 11.3. The summed E-state index contributed by atoms with van der Waals surface area (Å²) in [5, 5.41) is 9.71. The molecule has 4 N–H and O–H groups in total. The maximum absolute atomic E-state index is 13.0. The second-order valence-corrected chi connectivity index (χ2v) is 8.18. The van der Waals surface area contributed by atoms with Crippen LogP contribution in [0, 0.1) is 5.82 Å². The topological polar surface area (TPSA) is 94.2 Å². The lowest BCUT2D eigenvalue weighted by Gasteiger charge is -2.26. The van der Waals surface area contributed by atoms with Crippen LogP contribution in [0.4, 0.5) is 20.6 Å². The van der Waals surface area contributed by atoms with Crippen molar-refractivity contribution in [2.45, 2.75) is 19.4 Å². The molecular weight excluding hydrogens is 453 g/mol. The number of amides is 2. The van der Waals surface area contributed by atoms with Crippen molar-refractivity contribution in [3.63, 3.8) is 0 Å². The molecule has 1 aromatic heterocycles. The number of aromatic nitrogens is 2. The quantitative estimate of drug-likeness (QED) is 0.479. The van der Waals surface area contributed by atoms with Crippen LogP contribution in [0.3, 0.4) is 0 Å². The predicted molar refractivity (Wildman–Crippen MR) is 119 cm³/mol. The van der Waals surface area contributed by atoms with E-state index in [4.69, 9.17) is 10.5 Å². The van der Waals surface area contributed by atoms with E-state index in [0.29, 0.717) is 23.7 Å². The van der Waals surface area contributed by atoms with Crippen molar-refractivity contribution in [3.05, 3.63) is 59.0 Å².